The van der Waals surface area contributed by atoms with Crippen molar-refractivity contribution in [1.82, 2.24) is 0 Å². The monoisotopic (exact) mass is 182 g/mol. The number of allylic oxidation sites excluding steroid dienone is 1. The highest BCUT2D eigenvalue weighted by Crippen LogP contribution is 2.11. The van der Waals surface area contributed by atoms with Crippen molar-refractivity contribution < 1.29 is 4.79 Å². The lowest BCUT2D eigenvalue weighted by Crippen LogP contribution is -1.98. The highest BCUT2D eigenvalue weighted by molar-refractivity contribution is 5.94. The summed E-state index contributed by atoms with van der Waals surface area (Å²) in [6.45, 7) is 7.90. The van der Waals surface area contributed by atoms with Crippen LogP contribution in [0.4, 0.5) is 0 Å². The molecule has 0 radical (unpaired) electrons. The number of Topliss-reactive ketones (excluding diaryl/α,β-unsaturated/α-hetero) is 1. The summed E-state index contributed by atoms with van der Waals surface area (Å²) in [5, 5.41) is 0. The fraction of sp³-hybridized carbons (Fsp3) is 0.750. The molecule has 0 aliphatic carbocycles. The maximum Gasteiger partial charge on any atom is 0.157 e. The Kier molecular flexibility index (Phi) is 7.66. The number of ketones is 1. The van der Waals surface area contributed by atoms with E-state index in [0.717, 1.165) is 18.4 Å². The maximum absolute atomic E-state index is 11.1. The first-order valence-corrected chi connectivity index (χ1v) is 5.43. The number of hydrogen-bond acceptors (Lipinski definition) is 1. The molecule has 1 nitrogen and oxygen atoms in total. The molecule has 0 rings (SSSR count). The first-order chi connectivity index (χ1) is 6.22. The molecule has 0 aromatic carbocycles. The molecular formula is C12H22O. The van der Waals surface area contributed by atoms with Crippen LogP contribution in [0.5, 0.6) is 0 Å². The van der Waals surface area contributed by atoms with Crippen LogP contribution in [0, 0.1) is 0 Å². The van der Waals surface area contributed by atoms with Gasteiger partial charge in [0.05, 0.1) is 0 Å². The van der Waals surface area contributed by atoms with Crippen molar-refractivity contribution >= 4 is 5.78 Å². The van der Waals surface area contributed by atoms with E-state index in [2.05, 4.69) is 13.5 Å². The predicted molar refractivity (Wildman–Crippen MR) is 57.8 cm³/mol. The normalized spacial score (nSPS) is 10.0. The van der Waals surface area contributed by atoms with E-state index in [9.17, 15) is 4.79 Å². The van der Waals surface area contributed by atoms with Crippen molar-refractivity contribution in [2.75, 3.05) is 0 Å². The summed E-state index contributed by atoms with van der Waals surface area (Å²) in [6, 6.07) is 0. The van der Waals surface area contributed by atoms with E-state index in [4.69, 9.17) is 0 Å². The molecule has 13 heavy (non-hydrogen) atoms. The van der Waals surface area contributed by atoms with Gasteiger partial charge in [0.15, 0.2) is 5.78 Å². The molecule has 0 fully saturated rings. The Morgan fingerprint density at radius 1 is 1.08 bits per heavy atom. The third-order valence-corrected chi connectivity index (χ3v) is 2.30. The van der Waals surface area contributed by atoms with Crippen LogP contribution in [-0.4, -0.2) is 5.78 Å². The van der Waals surface area contributed by atoms with Crippen LogP contribution in [-0.2, 0) is 4.79 Å². The topological polar surface area (TPSA) is 17.1 Å². The van der Waals surface area contributed by atoms with Crippen molar-refractivity contribution in [2.45, 2.75) is 58.8 Å². The average Bonchev–Trinajstić information content (AvgIpc) is 2.16. The number of unbranched alkanes of at least 4 members (excludes halogenated alkanes) is 4. The second-order valence-electron chi connectivity index (χ2n) is 3.54. The van der Waals surface area contributed by atoms with E-state index < -0.39 is 0 Å². The SMILES string of the molecule is C=C(CCCCCCC)C(=O)CC. The lowest BCUT2D eigenvalue weighted by molar-refractivity contribution is -0.115. The summed E-state index contributed by atoms with van der Waals surface area (Å²) >= 11 is 0. The third-order valence-electron chi connectivity index (χ3n) is 2.30. The van der Waals surface area contributed by atoms with Gasteiger partial charge in [-0.25, -0.2) is 0 Å². The third kappa shape index (κ3) is 6.56. The van der Waals surface area contributed by atoms with E-state index in [1.165, 1.54) is 25.7 Å². The number of rotatable bonds is 8. The smallest absolute Gasteiger partial charge is 0.157 e. The molecule has 0 heterocycles. The molecule has 0 atom stereocenters. The Bertz CT molecular complexity index is 159. The number of hydrogen-bond donors (Lipinski definition) is 0. The molecule has 0 aliphatic rings. The van der Waals surface area contributed by atoms with Crippen LogP contribution < -0.4 is 0 Å². The maximum atomic E-state index is 11.1. The quantitative estimate of drug-likeness (QED) is 0.411. The highest BCUT2D eigenvalue weighted by atomic mass is 16.1. The molecule has 0 saturated heterocycles. The molecule has 0 amide bonds. The zero-order chi connectivity index (χ0) is 10.1. The molecule has 0 aromatic rings. The van der Waals surface area contributed by atoms with Gasteiger partial charge in [-0.2, -0.15) is 0 Å². The minimum atomic E-state index is 0.232. The van der Waals surface area contributed by atoms with Gasteiger partial charge in [0.1, 0.15) is 0 Å². The molecule has 0 aromatic heterocycles. The molecular weight excluding hydrogens is 160 g/mol. The van der Waals surface area contributed by atoms with E-state index in [0.29, 0.717) is 6.42 Å². The second kappa shape index (κ2) is 8.03. The Labute approximate surface area is 82.2 Å². The van der Waals surface area contributed by atoms with Gasteiger partial charge in [-0.1, -0.05) is 46.1 Å². The van der Waals surface area contributed by atoms with E-state index in [1.54, 1.807) is 0 Å². The van der Waals surface area contributed by atoms with E-state index >= 15 is 0 Å². The molecule has 0 spiro atoms. The van der Waals surface area contributed by atoms with Crippen molar-refractivity contribution in [3.05, 3.63) is 12.2 Å². The lowest BCUT2D eigenvalue weighted by Gasteiger charge is -2.02. The van der Waals surface area contributed by atoms with Crippen molar-refractivity contribution in [3.63, 3.8) is 0 Å². The lowest BCUT2D eigenvalue weighted by atomic mass is 10.0. The molecule has 0 unspecified atom stereocenters. The summed E-state index contributed by atoms with van der Waals surface area (Å²) < 4.78 is 0. The minimum Gasteiger partial charge on any atom is -0.295 e. The van der Waals surface area contributed by atoms with E-state index in [-0.39, 0.29) is 5.78 Å². The predicted octanol–water partition coefficient (Wildman–Crippen LogP) is 3.88. The van der Waals surface area contributed by atoms with Crippen molar-refractivity contribution in [3.8, 4) is 0 Å². The molecule has 0 N–H and O–H groups in total. The summed E-state index contributed by atoms with van der Waals surface area (Å²) in [5.41, 5.74) is 0.819. The zero-order valence-corrected chi connectivity index (χ0v) is 9.07. The number of carbonyl (C=O) groups is 1. The Balaban J connectivity index is 3.32. The van der Waals surface area contributed by atoms with Gasteiger partial charge in [0.25, 0.3) is 0 Å². The van der Waals surface area contributed by atoms with Gasteiger partial charge >= 0.3 is 0 Å². The largest absolute Gasteiger partial charge is 0.295 e. The van der Waals surface area contributed by atoms with Crippen LogP contribution >= 0.6 is 0 Å². The van der Waals surface area contributed by atoms with Crippen molar-refractivity contribution in [1.29, 1.82) is 0 Å². The van der Waals surface area contributed by atoms with Crippen LogP contribution in [0.2, 0.25) is 0 Å². The fourth-order valence-corrected chi connectivity index (χ4v) is 1.33. The van der Waals surface area contributed by atoms with Gasteiger partial charge in [0.2, 0.25) is 0 Å². The Morgan fingerprint density at radius 2 is 1.69 bits per heavy atom. The van der Waals surface area contributed by atoms with Crippen LogP contribution in [0.15, 0.2) is 12.2 Å². The van der Waals surface area contributed by atoms with Crippen LogP contribution in [0.3, 0.4) is 0 Å². The first-order valence-electron chi connectivity index (χ1n) is 5.43. The zero-order valence-electron chi connectivity index (χ0n) is 9.07. The Hall–Kier alpha value is -0.590. The molecule has 1 heteroatoms. The number of carbonyl (C=O) groups excluding carboxylic acids is 1. The first kappa shape index (κ1) is 12.4. The standard InChI is InChI=1S/C12H22O/c1-4-6-7-8-9-10-11(3)12(13)5-2/h3-10H2,1-2H3. The van der Waals surface area contributed by atoms with Crippen molar-refractivity contribution in [2.24, 2.45) is 0 Å². The summed E-state index contributed by atoms with van der Waals surface area (Å²) in [4.78, 5) is 11.1. The molecule has 0 aliphatic heterocycles. The van der Waals surface area contributed by atoms with Crippen LogP contribution in [0.25, 0.3) is 0 Å². The molecule has 0 bridgehead atoms. The highest BCUT2D eigenvalue weighted by Gasteiger charge is 2.02. The minimum absolute atomic E-state index is 0.232. The summed E-state index contributed by atoms with van der Waals surface area (Å²) in [5.74, 6) is 0.232. The van der Waals surface area contributed by atoms with Gasteiger partial charge in [-0.05, 0) is 18.4 Å². The summed E-state index contributed by atoms with van der Waals surface area (Å²) in [7, 11) is 0. The van der Waals surface area contributed by atoms with Gasteiger partial charge in [-0.15, -0.1) is 0 Å². The average molecular weight is 182 g/mol. The van der Waals surface area contributed by atoms with E-state index in [1.807, 2.05) is 6.92 Å². The Morgan fingerprint density at radius 3 is 2.23 bits per heavy atom. The fourth-order valence-electron chi connectivity index (χ4n) is 1.33. The van der Waals surface area contributed by atoms with Gasteiger partial charge in [0, 0.05) is 6.42 Å². The second-order valence-corrected chi connectivity index (χ2v) is 3.54. The molecule has 0 saturated carbocycles. The molecule has 76 valence electrons. The van der Waals surface area contributed by atoms with Crippen LogP contribution in [0.1, 0.15) is 58.8 Å². The van der Waals surface area contributed by atoms with Gasteiger partial charge in [-0.3, -0.25) is 4.79 Å². The van der Waals surface area contributed by atoms with Gasteiger partial charge < -0.3 is 0 Å². The summed E-state index contributed by atoms with van der Waals surface area (Å²) in [6.07, 6.45) is 7.76.